The van der Waals surface area contributed by atoms with Crippen LogP contribution in [0.25, 0.3) is 0 Å². The molecule has 0 spiro atoms. The van der Waals surface area contributed by atoms with Gasteiger partial charge in [0.15, 0.2) is 5.78 Å². The fraction of sp³-hybridized carbons (Fsp3) is 0.500. The van der Waals surface area contributed by atoms with Gasteiger partial charge in [0.05, 0.1) is 24.3 Å². The first-order valence-electron chi connectivity index (χ1n) is 7.67. The summed E-state index contributed by atoms with van der Waals surface area (Å²) in [5.74, 6) is -1.23. The van der Waals surface area contributed by atoms with Gasteiger partial charge < -0.3 is 15.8 Å². The van der Waals surface area contributed by atoms with E-state index in [9.17, 15) is 35.9 Å². The molecule has 0 radical (unpaired) electrons. The maximum atomic E-state index is 12.8. The highest BCUT2D eigenvalue weighted by Crippen LogP contribution is 2.36. The van der Waals surface area contributed by atoms with E-state index in [0.717, 1.165) is 0 Å². The Morgan fingerprint density at radius 1 is 1.07 bits per heavy atom. The molecular weight excluding hydrogens is 382 g/mol. The third-order valence-corrected chi connectivity index (χ3v) is 3.48. The number of Topliss-reactive ketones (excluding diaryl/α,β-unsaturated/α-hetero) is 1. The van der Waals surface area contributed by atoms with Crippen LogP contribution in [0.2, 0.25) is 0 Å². The van der Waals surface area contributed by atoms with E-state index in [1.165, 1.54) is 7.11 Å². The van der Waals surface area contributed by atoms with E-state index in [2.05, 4.69) is 10.1 Å². The lowest BCUT2D eigenvalue weighted by molar-refractivity contribution is -0.143. The highest BCUT2D eigenvalue weighted by Gasteiger charge is 2.36. The molecule has 0 aliphatic rings. The summed E-state index contributed by atoms with van der Waals surface area (Å²) in [6, 6.07) is 0.147. The number of aryl methyl sites for hydroxylation is 1. The molecule has 1 amide bonds. The summed E-state index contributed by atoms with van der Waals surface area (Å²) >= 11 is 0. The molecule has 0 bridgehead atoms. The fourth-order valence-electron chi connectivity index (χ4n) is 2.11. The lowest BCUT2D eigenvalue weighted by Crippen LogP contribution is -2.45. The zero-order valence-electron chi connectivity index (χ0n) is 14.2. The van der Waals surface area contributed by atoms with Crippen molar-refractivity contribution < 1.29 is 40.7 Å². The van der Waals surface area contributed by atoms with Crippen molar-refractivity contribution in [3.63, 3.8) is 0 Å². The number of halogens is 6. The third kappa shape index (κ3) is 7.55. The van der Waals surface area contributed by atoms with E-state index in [1.54, 1.807) is 0 Å². The number of ether oxygens (including phenoxy) is 1. The van der Waals surface area contributed by atoms with E-state index in [-0.39, 0.29) is 31.1 Å². The van der Waals surface area contributed by atoms with Gasteiger partial charge in [0.1, 0.15) is 6.04 Å². The molecule has 0 aliphatic carbocycles. The minimum absolute atomic E-state index is 0.0166. The number of carbonyl (C=O) groups is 2. The summed E-state index contributed by atoms with van der Waals surface area (Å²) in [6.45, 7) is -0.522. The van der Waals surface area contributed by atoms with Gasteiger partial charge in [-0.1, -0.05) is 0 Å². The number of alkyl halides is 6. The molecule has 0 aliphatic heterocycles. The number of rotatable bonds is 8. The van der Waals surface area contributed by atoms with E-state index < -0.39 is 47.8 Å². The van der Waals surface area contributed by atoms with Crippen LogP contribution in [0.1, 0.15) is 23.1 Å². The van der Waals surface area contributed by atoms with Gasteiger partial charge in [-0.2, -0.15) is 26.3 Å². The Balaban J connectivity index is 2.76. The second kappa shape index (κ2) is 9.18. The molecule has 0 heterocycles. The smallest absolute Gasteiger partial charge is 0.383 e. The Labute approximate surface area is 150 Å². The standard InChI is InChI=1S/C16H18F6N2O3/c1-27-8-13(23)14(26)24-7-12(25)3-2-9-4-10(15(17,18)19)6-11(5-9)16(20,21)22/h4-6,13H,2-3,7-8,23H2,1H3,(H,24,26)/t13-/m1/s1. The Bertz CT molecular complexity index is 641. The molecule has 0 saturated carbocycles. The Hall–Kier alpha value is -2.14. The number of nitrogens with two attached hydrogens (primary N) is 1. The molecule has 11 heteroatoms. The first-order valence-corrected chi connectivity index (χ1v) is 7.67. The Morgan fingerprint density at radius 3 is 2.04 bits per heavy atom. The van der Waals surface area contributed by atoms with Crippen LogP contribution in [0.5, 0.6) is 0 Å². The number of carbonyl (C=O) groups excluding carboxylic acids is 2. The SMILES string of the molecule is COC[C@@H](N)C(=O)NCC(=O)CCc1cc(C(F)(F)F)cc(C(F)(F)F)c1. The number of hydrogen-bond donors (Lipinski definition) is 2. The van der Waals surface area contributed by atoms with Crippen LogP contribution >= 0.6 is 0 Å². The van der Waals surface area contributed by atoms with Crippen LogP contribution in [0.3, 0.4) is 0 Å². The Morgan fingerprint density at radius 2 is 1.59 bits per heavy atom. The second-order valence-electron chi connectivity index (χ2n) is 5.73. The monoisotopic (exact) mass is 400 g/mol. The second-order valence-corrected chi connectivity index (χ2v) is 5.73. The van der Waals surface area contributed by atoms with Gasteiger partial charge in [-0.25, -0.2) is 0 Å². The van der Waals surface area contributed by atoms with E-state index >= 15 is 0 Å². The molecule has 0 unspecified atom stereocenters. The number of methoxy groups -OCH3 is 1. The van der Waals surface area contributed by atoms with Gasteiger partial charge in [-0.3, -0.25) is 9.59 Å². The average molecular weight is 400 g/mol. The van der Waals surface area contributed by atoms with Crippen LogP contribution in [-0.4, -0.2) is 38.0 Å². The van der Waals surface area contributed by atoms with E-state index in [1.807, 2.05) is 0 Å². The number of nitrogens with one attached hydrogen (secondary N) is 1. The number of ketones is 1. The van der Waals surface area contributed by atoms with Crippen molar-refractivity contribution in [2.75, 3.05) is 20.3 Å². The molecule has 0 aromatic heterocycles. The van der Waals surface area contributed by atoms with Crippen molar-refractivity contribution in [1.29, 1.82) is 0 Å². The van der Waals surface area contributed by atoms with Crippen molar-refractivity contribution in [2.24, 2.45) is 5.73 Å². The van der Waals surface area contributed by atoms with Crippen molar-refractivity contribution in [1.82, 2.24) is 5.32 Å². The van der Waals surface area contributed by atoms with Crippen molar-refractivity contribution in [3.8, 4) is 0 Å². The molecule has 152 valence electrons. The van der Waals surface area contributed by atoms with Crippen molar-refractivity contribution >= 4 is 11.7 Å². The van der Waals surface area contributed by atoms with Gasteiger partial charge in [0.25, 0.3) is 0 Å². The third-order valence-electron chi connectivity index (χ3n) is 3.48. The van der Waals surface area contributed by atoms with Gasteiger partial charge in [-0.15, -0.1) is 0 Å². The average Bonchev–Trinajstić information content (AvgIpc) is 2.56. The van der Waals surface area contributed by atoms with Crippen LogP contribution in [0.15, 0.2) is 18.2 Å². The van der Waals surface area contributed by atoms with Gasteiger partial charge in [0, 0.05) is 13.5 Å². The highest BCUT2D eigenvalue weighted by molar-refractivity contribution is 5.88. The zero-order chi connectivity index (χ0) is 20.8. The summed E-state index contributed by atoms with van der Waals surface area (Å²) in [4.78, 5) is 23.2. The maximum Gasteiger partial charge on any atom is 0.416 e. The van der Waals surface area contributed by atoms with Crippen LogP contribution in [0.4, 0.5) is 26.3 Å². The number of amides is 1. The molecule has 1 aromatic carbocycles. The molecule has 0 fully saturated rings. The summed E-state index contributed by atoms with van der Waals surface area (Å²) in [7, 11) is 1.32. The van der Waals surface area contributed by atoms with E-state index in [4.69, 9.17) is 5.73 Å². The first kappa shape index (κ1) is 22.9. The molecule has 1 aromatic rings. The topological polar surface area (TPSA) is 81.4 Å². The minimum atomic E-state index is -4.95. The molecule has 1 atom stereocenters. The largest absolute Gasteiger partial charge is 0.416 e. The van der Waals surface area contributed by atoms with Crippen LogP contribution < -0.4 is 11.1 Å². The molecule has 27 heavy (non-hydrogen) atoms. The van der Waals surface area contributed by atoms with E-state index in [0.29, 0.717) is 12.1 Å². The Kier molecular flexibility index (Phi) is 7.78. The maximum absolute atomic E-state index is 12.8. The van der Waals surface area contributed by atoms with Crippen molar-refractivity contribution in [3.05, 3.63) is 34.9 Å². The van der Waals surface area contributed by atoms with Crippen molar-refractivity contribution in [2.45, 2.75) is 31.2 Å². The lowest BCUT2D eigenvalue weighted by Gasteiger charge is -2.14. The van der Waals surface area contributed by atoms with Gasteiger partial charge >= 0.3 is 12.4 Å². The fourth-order valence-corrected chi connectivity index (χ4v) is 2.11. The zero-order valence-corrected chi connectivity index (χ0v) is 14.2. The first-order chi connectivity index (χ1) is 12.3. The summed E-state index contributed by atoms with van der Waals surface area (Å²) < 4.78 is 81.3. The minimum Gasteiger partial charge on any atom is -0.383 e. The molecule has 5 nitrogen and oxygen atoms in total. The predicted octanol–water partition coefficient (Wildman–Crippen LogP) is 2.32. The quantitative estimate of drug-likeness (QED) is 0.657. The predicted molar refractivity (Wildman–Crippen MR) is 82.6 cm³/mol. The summed E-state index contributed by atoms with van der Waals surface area (Å²) in [6.07, 6.45) is -10.6. The van der Waals surface area contributed by atoms with Crippen LogP contribution in [-0.2, 0) is 33.1 Å². The highest BCUT2D eigenvalue weighted by atomic mass is 19.4. The lowest BCUT2D eigenvalue weighted by atomic mass is 10.0. The summed E-state index contributed by atoms with van der Waals surface area (Å²) in [5.41, 5.74) is 2.26. The molecule has 1 rings (SSSR count). The molecule has 0 saturated heterocycles. The number of benzene rings is 1. The molecule has 3 N–H and O–H groups in total. The summed E-state index contributed by atoms with van der Waals surface area (Å²) in [5, 5.41) is 2.22. The van der Waals surface area contributed by atoms with Gasteiger partial charge in [0.2, 0.25) is 5.91 Å². The van der Waals surface area contributed by atoms with Gasteiger partial charge in [-0.05, 0) is 30.2 Å². The van der Waals surface area contributed by atoms with Crippen LogP contribution in [0, 0.1) is 0 Å². The molecular formula is C16H18F6N2O3. The number of hydrogen-bond acceptors (Lipinski definition) is 4. The normalized spacial score (nSPS) is 13.3.